The van der Waals surface area contributed by atoms with Gasteiger partial charge in [-0.05, 0) is 164 Å². The molecule has 83 heavy (non-hydrogen) atoms. The number of nitrogens with zero attached hydrogens (tertiary/aromatic N) is 5. The number of aliphatic hydroxyl groups excluding tert-OH is 1. The molecule has 0 spiro atoms. The first-order valence-corrected chi connectivity index (χ1v) is 33.0. The maximum absolute atomic E-state index is 13.1. The monoisotopic (exact) mass is 1300 g/mol. The number of alkyl halides is 3. The predicted octanol–water partition coefficient (Wildman–Crippen LogP) is 9.56. The SMILES string of the molecule is Br.CC(C)(O)C(Cl)(Cl)Cl.CN1[C@H]2CC(OC(=O)[C@H](CO)c3ccccc3)C[C@H]1[C@H]1O[C@H]12.CS(=O)(=O)c1ccc2c(c1)N(CCCN1CCC(C(N)=O)CC1)c1ccccc1S2.O=C1c2cccc3c2[C@@H](CCC3)CN1[C@@H]1CN2CCC1CC2. The van der Waals surface area contributed by atoms with E-state index < -0.39 is 25.1 Å². The number of rotatable bonds is 11. The summed E-state index contributed by atoms with van der Waals surface area (Å²) in [5, 5.41) is 18.5. The molecule has 10 aliphatic rings. The Morgan fingerprint density at radius 3 is 2.10 bits per heavy atom. The summed E-state index contributed by atoms with van der Waals surface area (Å²) in [6.45, 7) is 10.7. The number of amides is 2. The largest absolute Gasteiger partial charge is 0.462 e. The molecule has 9 heterocycles. The van der Waals surface area contributed by atoms with Gasteiger partial charge in [0.2, 0.25) is 9.70 Å². The lowest BCUT2D eigenvalue weighted by Gasteiger charge is -2.51. The number of benzene rings is 4. The van der Waals surface area contributed by atoms with Gasteiger partial charge in [0.1, 0.15) is 29.8 Å². The number of epoxide rings is 1. The smallest absolute Gasteiger partial charge is 0.316 e. The Hall–Kier alpha value is -3.50. The second-order valence-electron chi connectivity index (χ2n) is 24.2. The average molecular weight is 1300 g/mol. The van der Waals surface area contributed by atoms with Crippen LogP contribution in [0.4, 0.5) is 11.4 Å². The molecule has 1 unspecified atom stereocenters. The fraction of sp³-hybridized carbons (Fsp3) is 0.565. The van der Waals surface area contributed by atoms with Crippen LogP contribution in [-0.2, 0) is 35.3 Å². The number of hydrogen-bond acceptors (Lipinski definition) is 14. The third-order valence-corrected chi connectivity index (χ3v) is 22.1. The Bertz CT molecular complexity index is 3020. The lowest BCUT2D eigenvalue weighted by Crippen LogP contribution is -2.60. The molecule has 15 nitrogen and oxygen atoms in total. The van der Waals surface area contributed by atoms with Crippen LogP contribution in [0.1, 0.15) is 111 Å². The molecule has 1 aliphatic carbocycles. The first kappa shape index (κ1) is 64.0. The maximum Gasteiger partial charge on any atom is 0.316 e. The van der Waals surface area contributed by atoms with Crippen molar-refractivity contribution < 1.29 is 42.5 Å². The molecule has 4 aromatic rings. The van der Waals surface area contributed by atoms with Crippen molar-refractivity contribution >= 4 is 103 Å². The Labute approximate surface area is 519 Å². The number of fused-ring (bicyclic) bond motifs is 10. The van der Waals surface area contributed by atoms with Crippen molar-refractivity contribution in [2.45, 2.75) is 150 Å². The van der Waals surface area contributed by atoms with E-state index in [9.17, 15) is 27.9 Å². The molecular weight excluding hydrogens is 1220 g/mol. The van der Waals surface area contributed by atoms with E-state index in [1.165, 1.54) is 74.9 Å². The summed E-state index contributed by atoms with van der Waals surface area (Å²) in [6, 6.07) is 30.6. The number of para-hydroxylation sites is 1. The van der Waals surface area contributed by atoms with Crippen LogP contribution in [0, 0.1) is 11.8 Å². The number of aryl methyl sites for hydroxylation is 1. The highest BCUT2D eigenvalue weighted by Crippen LogP contribution is 2.50. The van der Waals surface area contributed by atoms with Gasteiger partial charge >= 0.3 is 5.97 Å². The van der Waals surface area contributed by atoms with Gasteiger partial charge in [-0.1, -0.05) is 101 Å². The van der Waals surface area contributed by atoms with Crippen LogP contribution in [0.15, 0.2) is 106 Å². The summed E-state index contributed by atoms with van der Waals surface area (Å²) in [6.07, 6.45) is 12.4. The number of nitrogens with two attached hydrogens (primary N) is 1. The number of carbonyl (C=O) groups is 3. The van der Waals surface area contributed by atoms with Gasteiger partial charge in [0.05, 0.1) is 22.9 Å². The number of morpholine rings is 1. The number of hydrogen-bond donors (Lipinski definition) is 3. The minimum absolute atomic E-state index is 0. The van der Waals surface area contributed by atoms with Crippen molar-refractivity contribution in [1.29, 1.82) is 0 Å². The Morgan fingerprint density at radius 1 is 0.831 bits per heavy atom. The minimum Gasteiger partial charge on any atom is -0.462 e. The van der Waals surface area contributed by atoms with Crippen LogP contribution in [0.25, 0.3) is 0 Å². The number of carbonyl (C=O) groups excluding carboxylic acids is 3. The fourth-order valence-electron chi connectivity index (χ4n) is 13.6. The van der Waals surface area contributed by atoms with Crippen molar-refractivity contribution in [3.05, 3.63) is 113 Å². The normalized spacial score (nSPS) is 27.2. The number of esters is 1. The maximum atomic E-state index is 13.1. The topological polar surface area (TPSA) is 190 Å². The molecule has 4 bridgehead atoms. The summed E-state index contributed by atoms with van der Waals surface area (Å²) in [7, 11) is -1.14. The van der Waals surface area contributed by atoms with Gasteiger partial charge in [0, 0.05) is 84.0 Å². The molecule has 0 radical (unpaired) electrons. The number of aliphatic hydroxyl groups is 2. The molecule has 0 saturated carbocycles. The van der Waals surface area contributed by atoms with E-state index in [1.54, 1.807) is 23.9 Å². The number of ether oxygens (including phenoxy) is 2. The standard InChI is InChI=1S/C22H27N3O3S2.C19H24N2O.C17H21NO4.C4H7Cl3O.BrH/c1-30(27,28)17-7-8-21-19(15-17)25(18-5-2-3-6-20(18)29-21)12-4-11-24-13-9-16(10-14-24)22(23)26;22-19-16-6-2-4-14-3-1-5-15(18(14)16)11-21(19)17-12-20-9-7-13(17)8-10-20;1-18-13-7-11(8-14(18)16-15(13)22-16)21-17(20)12(9-19)10-5-3-2-4-6-10;1-3(2,8)4(5,6)7;/h2-3,5-8,15-16H,4,9-14H2,1H3,(H2,23,26);2,4,6,13,15,17H,1,3,5,7-12H2;2-6,11-16,19H,7-9H2,1H3;8H,1-2H3;1H/t;15-,17+;11?,12-,13+,14+,15-,16+;;/m.01../s1. The molecule has 8 atom stereocenters. The van der Waals surface area contributed by atoms with Crippen molar-refractivity contribution in [2.75, 3.05) is 77.2 Å². The lowest BCUT2D eigenvalue weighted by atomic mass is 9.75. The van der Waals surface area contributed by atoms with Gasteiger partial charge in [-0.3, -0.25) is 19.3 Å². The summed E-state index contributed by atoms with van der Waals surface area (Å²) in [4.78, 5) is 51.3. The predicted molar refractivity (Wildman–Crippen MR) is 333 cm³/mol. The van der Waals surface area contributed by atoms with Gasteiger partial charge in [-0.2, -0.15) is 0 Å². The first-order chi connectivity index (χ1) is 39.1. The average Bonchev–Trinajstić information content (AvgIpc) is 4.40. The molecule has 9 aliphatic heterocycles. The van der Waals surface area contributed by atoms with Crippen molar-refractivity contribution in [3.63, 3.8) is 0 Å². The van der Waals surface area contributed by atoms with Crippen molar-refractivity contribution in [2.24, 2.45) is 17.6 Å². The molecule has 21 heteroatoms. The molecule has 14 rings (SSSR count). The zero-order valence-corrected chi connectivity index (χ0v) is 53.4. The Kier molecular flexibility index (Phi) is 20.7. The van der Waals surface area contributed by atoms with Gasteiger partial charge in [-0.25, -0.2) is 8.42 Å². The molecule has 7 fully saturated rings. The lowest BCUT2D eigenvalue weighted by molar-refractivity contribution is -0.156. The molecular formula is C62H80BrCl3N6O9S2. The van der Waals surface area contributed by atoms with Crippen LogP contribution in [0.5, 0.6) is 0 Å². The Morgan fingerprint density at radius 2 is 1.48 bits per heavy atom. The summed E-state index contributed by atoms with van der Waals surface area (Å²) in [5.74, 6) is 0.551. The Balaban J connectivity index is 0.000000141. The molecule has 4 N–H and O–H groups in total. The van der Waals surface area contributed by atoms with E-state index >= 15 is 0 Å². The van der Waals surface area contributed by atoms with E-state index in [4.69, 9.17) is 55.1 Å². The fourth-order valence-corrected chi connectivity index (χ4v) is 15.3. The van der Waals surface area contributed by atoms with Gasteiger partial charge in [0.15, 0.2) is 9.84 Å². The van der Waals surface area contributed by atoms with Gasteiger partial charge in [-0.15, -0.1) is 17.0 Å². The first-order valence-electron chi connectivity index (χ1n) is 29.2. The van der Waals surface area contributed by atoms with E-state index in [2.05, 4.69) is 61.9 Å². The summed E-state index contributed by atoms with van der Waals surface area (Å²) < 4.78 is 34.0. The summed E-state index contributed by atoms with van der Waals surface area (Å²) in [5.41, 5.74) is 10.9. The zero-order chi connectivity index (χ0) is 58.3. The quantitative estimate of drug-likeness (QED) is 0.0731. The molecule has 2 amide bonds. The van der Waals surface area contributed by atoms with Crippen LogP contribution in [0.3, 0.4) is 0 Å². The van der Waals surface area contributed by atoms with E-state index in [-0.39, 0.29) is 47.5 Å². The number of primary amides is 1. The molecule has 452 valence electrons. The zero-order valence-electron chi connectivity index (χ0n) is 47.8. The number of sulfone groups is 1. The number of likely N-dealkylation sites (tertiary alicyclic amines) is 1. The van der Waals surface area contributed by atoms with E-state index in [0.29, 0.717) is 47.1 Å². The highest BCUT2D eigenvalue weighted by atomic mass is 79.9. The molecule has 0 aromatic heterocycles. The number of piperidine rings is 5. The number of anilines is 2. The van der Waals surface area contributed by atoms with Crippen LogP contribution in [-0.4, -0.2) is 174 Å². The number of halogens is 4. The molecule has 4 aromatic carbocycles. The van der Waals surface area contributed by atoms with Crippen molar-refractivity contribution in [3.8, 4) is 0 Å². The second-order valence-corrected chi connectivity index (χ2v) is 29.6. The third kappa shape index (κ3) is 14.6. The van der Waals surface area contributed by atoms with Crippen LogP contribution < -0.4 is 10.6 Å². The van der Waals surface area contributed by atoms with Crippen LogP contribution in [0.2, 0.25) is 0 Å². The van der Waals surface area contributed by atoms with E-state index in [1.807, 2.05) is 48.5 Å². The summed E-state index contributed by atoms with van der Waals surface area (Å²) >= 11 is 17.5. The highest BCUT2D eigenvalue weighted by molar-refractivity contribution is 8.93. The second kappa shape index (κ2) is 26.9. The van der Waals surface area contributed by atoms with Gasteiger partial charge < -0.3 is 45.0 Å². The van der Waals surface area contributed by atoms with E-state index in [0.717, 1.165) is 111 Å². The number of likely N-dealkylation sites (N-methyl/N-ethyl adjacent to an activating group) is 1. The minimum atomic E-state index is -3.27. The molecule has 7 saturated heterocycles. The highest BCUT2D eigenvalue weighted by Gasteiger charge is 2.63. The van der Waals surface area contributed by atoms with Crippen molar-refractivity contribution in [1.82, 2.24) is 19.6 Å². The third-order valence-electron chi connectivity index (χ3n) is 18.4. The van der Waals surface area contributed by atoms with Crippen LogP contribution >= 0.6 is 63.5 Å². The van der Waals surface area contributed by atoms with Gasteiger partial charge in [0.25, 0.3) is 5.91 Å².